The summed E-state index contributed by atoms with van der Waals surface area (Å²) in [6.07, 6.45) is 17.2. The molecule has 0 spiro atoms. The second-order valence-electron chi connectivity index (χ2n) is 7.40. The lowest BCUT2D eigenvalue weighted by molar-refractivity contribution is -0.119. The van der Waals surface area contributed by atoms with E-state index in [4.69, 9.17) is 14.6 Å². The molecule has 0 rings (SSSR count). The SMILES string of the molecule is CCCCCCC(=O)CCCCCCCCCCCOCC(CO)OC. The molecule has 156 valence electrons. The maximum absolute atomic E-state index is 11.7. The van der Waals surface area contributed by atoms with Crippen LogP contribution >= 0.6 is 0 Å². The Morgan fingerprint density at radius 3 is 1.81 bits per heavy atom. The van der Waals surface area contributed by atoms with Gasteiger partial charge in [-0.3, -0.25) is 4.79 Å². The van der Waals surface area contributed by atoms with E-state index in [1.54, 1.807) is 7.11 Å². The number of hydrogen-bond donors (Lipinski definition) is 1. The van der Waals surface area contributed by atoms with Crippen molar-refractivity contribution in [2.45, 2.75) is 109 Å². The van der Waals surface area contributed by atoms with Gasteiger partial charge >= 0.3 is 0 Å². The number of carbonyl (C=O) groups excluding carboxylic acids is 1. The normalized spacial score (nSPS) is 12.4. The molecule has 0 bridgehead atoms. The lowest BCUT2D eigenvalue weighted by Gasteiger charge is -2.12. The molecule has 0 aliphatic heterocycles. The van der Waals surface area contributed by atoms with Gasteiger partial charge in [-0.05, 0) is 19.3 Å². The predicted molar refractivity (Wildman–Crippen MR) is 109 cm³/mol. The minimum atomic E-state index is -0.189. The molecule has 0 radical (unpaired) electrons. The first-order chi connectivity index (χ1) is 12.7. The molecule has 0 aliphatic rings. The van der Waals surface area contributed by atoms with Crippen molar-refractivity contribution in [1.82, 2.24) is 0 Å². The van der Waals surface area contributed by atoms with Crippen LogP contribution in [0.15, 0.2) is 0 Å². The van der Waals surface area contributed by atoms with Crippen LogP contribution < -0.4 is 0 Å². The Labute approximate surface area is 162 Å². The van der Waals surface area contributed by atoms with Crippen LogP contribution in [-0.2, 0) is 14.3 Å². The summed E-state index contributed by atoms with van der Waals surface area (Å²) in [5.74, 6) is 0.471. The van der Waals surface area contributed by atoms with Crippen LogP contribution in [-0.4, -0.2) is 43.9 Å². The van der Waals surface area contributed by atoms with Crippen molar-refractivity contribution in [3.05, 3.63) is 0 Å². The first-order valence-corrected chi connectivity index (χ1v) is 11.0. The van der Waals surface area contributed by atoms with Crippen LogP contribution in [0.5, 0.6) is 0 Å². The van der Waals surface area contributed by atoms with Gasteiger partial charge in [0.1, 0.15) is 11.9 Å². The second-order valence-corrected chi connectivity index (χ2v) is 7.40. The first kappa shape index (κ1) is 25.6. The van der Waals surface area contributed by atoms with Gasteiger partial charge < -0.3 is 14.6 Å². The van der Waals surface area contributed by atoms with Gasteiger partial charge in [0, 0.05) is 26.6 Å². The number of rotatable bonds is 21. The molecule has 0 heterocycles. The number of ketones is 1. The zero-order valence-corrected chi connectivity index (χ0v) is 17.5. The number of ether oxygens (including phenoxy) is 2. The van der Waals surface area contributed by atoms with Crippen molar-refractivity contribution in [1.29, 1.82) is 0 Å². The fraction of sp³-hybridized carbons (Fsp3) is 0.955. The third-order valence-electron chi connectivity index (χ3n) is 4.89. The molecule has 0 aromatic carbocycles. The molecule has 0 fully saturated rings. The molecule has 0 amide bonds. The number of aliphatic hydroxyl groups is 1. The average Bonchev–Trinajstić information content (AvgIpc) is 2.65. The predicted octanol–water partition coefficient (Wildman–Crippen LogP) is 5.45. The third kappa shape index (κ3) is 18.3. The summed E-state index contributed by atoms with van der Waals surface area (Å²) in [5, 5.41) is 8.96. The largest absolute Gasteiger partial charge is 0.394 e. The highest BCUT2D eigenvalue weighted by atomic mass is 16.5. The Kier molecular flexibility index (Phi) is 20.5. The molecule has 1 unspecified atom stereocenters. The fourth-order valence-electron chi connectivity index (χ4n) is 3.05. The maximum Gasteiger partial charge on any atom is 0.132 e. The fourth-order valence-corrected chi connectivity index (χ4v) is 3.05. The van der Waals surface area contributed by atoms with Crippen molar-refractivity contribution < 1.29 is 19.4 Å². The average molecular weight is 373 g/mol. The van der Waals surface area contributed by atoms with E-state index < -0.39 is 0 Å². The molecule has 1 atom stereocenters. The Balaban J connectivity index is 3.16. The quantitative estimate of drug-likeness (QED) is 0.272. The molecule has 26 heavy (non-hydrogen) atoms. The van der Waals surface area contributed by atoms with E-state index in [0.29, 0.717) is 12.4 Å². The maximum atomic E-state index is 11.7. The van der Waals surface area contributed by atoms with Crippen molar-refractivity contribution in [3.63, 3.8) is 0 Å². The van der Waals surface area contributed by atoms with Gasteiger partial charge in [0.2, 0.25) is 0 Å². The Bertz CT molecular complexity index is 290. The first-order valence-electron chi connectivity index (χ1n) is 11.0. The van der Waals surface area contributed by atoms with Gasteiger partial charge in [-0.15, -0.1) is 0 Å². The number of aliphatic hydroxyl groups excluding tert-OH is 1. The summed E-state index contributed by atoms with van der Waals surface area (Å²) in [4.78, 5) is 11.7. The lowest BCUT2D eigenvalue weighted by atomic mass is 10.0. The number of unbranched alkanes of at least 4 members (excludes halogenated alkanes) is 11. The van der Waals surface area contributed by atoms with Gasteiger partial charge in [0.15, 0.2) is 0 Å². The molecule has 0 saturated heterocycles. The van der Waals surface area contributed by atoms with Crippen LogP contribution in [0.1, 0.15) is 103 Å². The van der Waals surface area contributed by atoms with E-state index in [2.05, 4.69) is 6.92 Å². The zero-order valence-electron chi connectivity index (χ0n) is 17.5. The van der Waals surface area contributed by atoms with Gasteiger partial charge in [0.05, 0.1) is 13.2 Å². The number of hydrogen-bond acceptors (Lipinski definition) is 4. The summed E-state index contributed by atoms with van der Waals surface area (Å²) in [6, 6.07) is 0. The van der Waals surface area contributed by atoms with Crippen LogP contribution in [0, 0.1) is 0 Å². The molecule has 0 saturated carbocycles. The lowest BCUT2D eigenvalue weighted by Crippen LogP contribution is -2.22. The molecule has 0 aromatic rings. The topological polar surface area (TPSA) is 55.8 Å². The summed E-state index contributed by atoms with van der Waals surface area (Å²) >= 11 is 0. The number of carbonyl (C=O) groups is 1. The summed E-state index contributed by atoms with van der Waals surface area (Å²) < 4.78 is 10.5. The van der Waals surface area contributed by atoms with Crippen LogP contribution in [0.25, 0.3) is 0 Å². The van der Waals surface area contributed by atoms with E-state index in [0.717, 1.165) is 38.7 Å². The zero-order chi connectivity index (χ0) is 19.3. The van der Waals surface area contributed by atoms with Crippen LogP contribution in [0.2, 0.25) is 0 Å². The van der Waals surface area contributed by atoms with E-state index in [9.17, 15) is 4.79 Å². The van der Waals surface area contributed by atoms with Gasteiger partial charge in [-0.25, -0.2) is 0 Å². The van der Waals surface area contributed by atoms with E-state index in [-0.39, 0.29) is 12.7 Å². The summed E-state index contributed by atoms with van der Waals surface area (Å²) in [7, 11) is 1.59. The van der Waals surface area contributed by atoms with E-state index in [1.807, 2.05) is 0 Å². The van der Waals surface area contributed by atoms with Crippen molar-refractivity contribution >= 4 is 5.78 Å². The Morgan fingerprint density at radius 2 is 1.31 bits per heavy atom. The van der Waals surface area contributed by atoms with Gasteiger partial charge in [-0.1, -0.05) is 71.1 Å². The van der Waals surface area contributed by atoms with Crippen molar-refractivity contribution in [2.24, 2.45) is 0 Å². The standard InChI is InChI=1S/C22H44O4/c1-3-4-5-13-16-21(24)17-14-11-9-7-6-8-10-12-15-18-26-20-22(19-23)25-2/h22-23H,3-20H2,1-2H3. The van der Waals surface area contributed by atoms with Crippen LogP contribution in [0.4, 0.5) is 0 Å². The van der Waals surface area contributed by atoms with Crippen LogP contribution in [0.3, 0.4) is 0 Å². The molecule has 4 heteroatoms. The highest BCUT2D eigenvalue weighted by molar-refractivity contribution is 5.78. The van der Waals surface area contributed by atoms with Gasteiger partial charge in [0.25, 0.3) is 0 Å². The molecule has 1 N–H and O–H groups in total. The number of methoxy groups -OCH3 is 1. The molecule has 4 nitrogen and oxygen atoms in total. The van der Waals surface area contributed by atoms with E-state index in [1.165, 1.54) is 64.2 Å². The summed E-state index contributed by atoms with van der Waals surface area (Å²) in [5.41, 5.74) is 0. The molecule has 0 aromatic heterocycles. The number of Topliss-reactive ketones (excluding diaryl/α,β-unsaturated/α-hetero) is 1. The second kappa shape index (κ2) is 20.9. The van der Waals surface area contributed by atoms with E-state index >= 15 is 0 Å². The van der Waals surface area contributed by atoms with Crippen molar-refractivity contribution in [3.8, 4) is 0 Å². The van der Waals surface area contributed by atoms with Crippen molar-refractivity contribution in [2.75, 3.05) is 26.9 Å². The van der Waals surface area contributed by atoms with Gasteiger partial charge in [-0.2, -0.15) is 0 Å². The highest BCUT2D eigenvalue weighted by Crippen LogP contribution is 2.12. The summed E-state index contributed by atoms with van der Waals surface area (Å²) in [6.45, 7) is 3.46. The Morgan fingerprint density at radius 1 is 0.808 bits per heavy atom. The monoisotopic (exact) mass is 372 g/mol. The minimum absolute atomic E-state index is 0.0175. The molecular weight excluding hydrogens is 328 g/mol. The smallest absolute Gasteiger partial charge is 0.132 e. The third-order valence-corrected chi connectivity index (χ3v) is 4.89. The Hall–Kier alpha value is -0.450. The molecule has 0 aliphatic carbocycles. The molecular formula is C22H44O4. The minimum Gasteiger partial charge on any atom is -0.394 e. The highest BCUT2D eigenvalue weighted by Gasteiger charge is 2.04.